The van der Waals surface area contributed by atoms with Crippen molar-refractivity contribution in [3.05, 3.63) is 18.2 Å². The molecule has 1 fully saturated rings. The van der Waals surface area contributed by atoms with Crippen LogP contribution in [0.3, 0.4) is 0 Å². The Labute approximate surface area is 139 Å². The third-order valence-corrected chi connectivity index (χ3v) is 5.23. The van der Waals surface area contributed by atoms with Crippen molar-refractivity contribution in [2.45, 2.75) is 52.9 Å². The molecule has 23 heavy (non-hydrogen) atoms. The number of ether oxygens (including phenoxy) is 2. The van der Waals surface area contributed by atoms with E-state index in [0.717, 1.165) is 25.7 Å². The number of anilines is 1. The summed E-state index contributed by atoms with van der Waals surface area (Å²) in [4.78, 5) is 13.2. The zero-order valence-corrected chi connectivity index (χ0v) is 15.0. The van der Waals surface area contributed by atoms with E-state index >= 15 is 0 Å². The van der Waals surface area contributed by atoms with Gasteiger partial charge in [0.05, 0.1) is 25.3 Å². The SMILES string of the molecule is COc1ccc(NC(=O)C2(C(C)(C)C)CCCCC2)c(OC)c1. The van der Waals surface area contributed by atoms with Crippen LogP contribution in [0.25, 0.3) is 0 Å². The van der Waals surface area contributed by atoms with E-state index in [-0.39, 0.29) is 16.7 Å². The van der Waals surface area contributed by atoms with E-state index in [1.54, 1.807) is 20.3 Å². The van der Waals surface area contributed by atoms with Crippen molar-refractivity contribution in [1.82, 2.24) is 0 Å². The highest BCUT2D eigenvalue weighted by atomic mass is 16.5. The zero-order chi connectivity index (χ0) is 17.1. The molecular weight excluding hydrogens is 290 g/mol. The number of rotatable bonds is 4. The molecule has 0 aliphatic heterocycles. The van der Waals surface area contributed by atoms with E-state index in [4.69, 9.17) is 9.47 Å². The first-order valence-electron chi connectivity index (χ1n) is 8.37. The summed E-state index contributed by atoms with van der Waals surface area (Å²) >= 11 is 0. The molecule has 1 amide bonds. The Morgan fingerprint density at radius 1 is 1.09 bits per heavy atom. The molecule has 0 saturated heterocycles. The van der Waals surface area contributed by atoms with Crippen LogP contribution < -0.4 is 14.8 Å². The number of nitrogens with one attached hydrogen (secondary N) is 1. The molecular formula is C19H29NO3. The first-order valence-corrected chi connectivity index (χ1v) is 8.37. The van der Waals surface area contributed by atoms with Crippen molar-refractivity contribution < 1.29 is 14.3 Å². The highest BCUT2D eigenvalue weighted by Crippen LogP contribution is 2.50. The van der Waals surface area contributed by atoms with Gasteiger partial charge in [0.2, 0.25) is 5.91 Å². The molecule has 0 aromatic heterocycles. The van der Waals surface area contributed by atoms with E-state index in [9.17, 15) is 4.79 Å². The Bertz CT molecular complexity index is 554. The molecule has 1 aliphatic rings. The van der Waals surface area contributed by atoms with Crippen LogP contribution in [0, 0.1) is 10.8 Å². The van der Waals surface area contributed by atoms with Crippen molar-refractivity contribution in [3.63, 3.8) is 0 Å². The van der Waals surface area contributed by atoms with Gasteiger partial charge in [-0.3, -0.25) is 4.79 Å². The summed E-state index contributed by atoms with van der Waals surface area (Å²) in [5.41, 5.74) is 0.306. The standard InChI is InChI=1S/C19H29NO3/c1-18(2,3)19(11-7-6-8-12-19)17(21)20-15-10-9-14(22-4)13-16(15)23-5/h9-10,13H,6-8,11-12H2,1-5H3,(H,20,21). The monoisotopic (exact) mass is 319 g/mol. The second-order valence-corrected chi connectivity index (χ2v) is 7.41. The van der Waals surface area contributed by atoms with Crippen LogP contribution in [-0.4, -0.2) is 20.1 Å². The lowest BCUT2D eigenvalue weighted by Crippen LogP contribution is -2.47. The lowest BCUT2D eigenvalue weighted by Gasteiger charge is -2.46. The summed E-state index contributed by atoms with van der Waals surface area (Å²) in [6, 6.07) is 5.47. The van der Waals surface area contributed by atoms with Crippen LogP contribution in [0.5, 0.6) is 11.5 Å². The van der Waals surface area contributed by atoms with Crippen LogP contribution in [0.15, 0.2) is 18.2 Å². The molecule has 4 nitrogen and oxygen atoms in total. The Morgan fingerprint density at radius 2 is 1.74 bits per heavy atom. The number of carbonyl (C=O) groups excluding carboxylic acids is 1. The summed E-state index contributed by atoms with van der Waals surface area (Å²) < 4.78 is 10.6. The smallest absolute Gasteiger partial charge is 0.231 e. The minimum atomic E-state index is -0.323. The van der Waals surface area contributed by atoms with Crippen LogP contribution in [0.1, 0.15) is 52.9 Å². The van der Waals surface area contributed by atoms with Gasteiger partial charge in [0, 0.05) is 6.07 Å². The molecule has 0 spiro atoms. The van der Waals surface area contributed by atoms with Gasteiger partial charge in [-0.15, -0.1) is 0 Å². The first kappa shape index (κ1) is 17.6. The molecule has 2 rings (SSSR count). The molecule has 1 saturated carbocycles. The van der Waals surface area contributed by atoms with E-state index in [0.29, 0.717) is 17.2 Å². The number of hydrogen-bond acceptors (Lipinski definition) is 3. The molecule has 128 valence electrons. The van der Waals surface area contributed by atoms with Gasteiger partial charge in [-0.05, 0) is 30.4 Å². The number of amides is 1. The Hall–Kier alpha value is -1.71. The average molecular weight is 319 g/mol. The summed E-state index contributed by atoms with van der Waals surface area (Å²) in [5.74, 6) is 1.44. The fourth-order valence-corrected chi connectivity index (χ4v) is 3.62. The van der Waals surface area contributed by atoms with Gasteiger partial charge in [-0.25, -0.2) is 0 Å². The Kier molecular flexibility index (Phi) is 5.23. The van der Waals surface area contributed by atoms with Gasteiger partial charge >= 0.3 is 0 Å². The maximum atomic E-state index is 13.2. The molecule has 0 radical (unpaired) electrons. The molecule has 1 aliphatic carbocycles. The van der Waals surface area contributed by atoms with Crippen LogP contribution in [-0.2, 0) is 4.79 Å². The van der Waals surface area contributed by atoms with Gasteiger partial charge in [0.15, 0.2) is 0 Å². The van der Waals surface area contributed by atoms with E-state index in [1.165, 1.54) is 6.42 Å². The Morgan fingerprint density at radius 3 is 2.26 bits per heavy atom. The lowest BCUT2D eigenvalue weighted by molar-refractivity contribution is -0.135. The van der Waals surface area contributed by atoms with Crippen LogP contribution in [0.4, 0.5) is 5.69 Å². The highest BCUT2D eigenvalue weighted by Gasteiger charge is 2.48. The van der Waals surface area contributed by atoms with Crippen molar-refractivity contribution >= 4 is 11.6 Å². The Balaban J connectivity index is 2.29. The van der Waals surface area contributed by atoms with Gasteiger partial charge < -0.3 is 14.8 Å². The van der Waals surface area contributed by atoms with Gasteiger partial charge in [-0.2, -0.15) is 0 Å². The fourth-order valence-electron chi connectivity index (χ4n) is 3.62. The number of methoxy groups -OCH3 is 2. The molecule has 1 aromatic carbocycles. The molecule has 0 bridgehead atoms. The van der Waals surface area contributed by atoms with Crippen molar-refractivity contribution in [1.29, 1.82) is 0 Å². The van der Waals surface area contributed by atoms with E-state index in [1.807, 2.05) is 12.1 Å². The van der Waals surface area contributed by atoms with Crippen molar-refractivity contribution in [2.24, 2.45) is 10.8 Å². The molecule has 0 unspecified atom stereocenters. The van der Waals surface area contributed by atoms with Crippen LogP contribution >= 0.6 is 0 Å². The minimum Gasteiger partial charge on any atom is -0.497 e. The summed E-state index contributed by atoms with van der Waals surface area (Å²) in [6.07, 6.45) is 5.34. The number of hydrogen-bond donors (Lipinski definition) is 1. The number of benzene rings is 1. The van der Waals surface area contributed by atoms with Crippen LogP contribution in [0.2, 0.25) is 0 Å². The normalized spacial score (nSPS) is 17.4. The zero-order valence-electron chi connectivity index (χ0n) is 15.0. The van der Waals surface area contributed by atoms with Crippen molar-refractivity contribution in [2.75, 3.05) is 19.5 Å². The maximum absolute atomic E-state index is 13.2. The third-order valence-electron chi connectivity index (χ3n) is 5.23. The predicted octanol–water partition coefficient (Wildman–Crippen LogP) is 4.64. The predicted molar refractivity (Wildman–Crippen MR) is 93.1 cm³/mol. The lowest BCUT2D eigenvalue weighted by atomic mass is 9.59. The topological polar surface area (TPSA) is 47.6 Å². The van der Waals surface area contributed by atoms with E-state index < -0.39 is 0 Å². The van der Waals surface area contributed by atoms with Gasteiger partial charge in [0.1, 0.15) is 11.5 Å². The fraction of sp³-hybridized carbons (Fsp3) is 0.632. The van der Waals surface area contributed by atoms with Crippen molar-refractivity contribution in [3.8, 4) is 11.5 Å². The molecule has 1 aromatic rings. The largest absolute Gasteiger partial charge is 0.497 e. The minimum absolute atomic E-state index is 0.0722. The molecule has 0 atom stereocenters. The molecule has 4 heteroatoms. The van der Waals surface area contributed by atoms with Gasteiger partial charge in [0.25, 0.3) is 0 Å². The second-order valence-electron chi connectivity index (χ2n) is 7.41. The quantitative estimate of drug-likeness (QED) is 0.879. The average Bonchev–Trinajstić information content (AvgIpc) is 2.54. The highest BCUT2D eigenvalue weighted by molar-refractivity contribution is 5.97. The third kappa shape index (κ3) is 3.46. The van der Waals surface area contributed by atoms with Gasteiger partial charge in [-0.1, -0.05) is 40.0 Å². The maximum Gasteiger partial charge on any atom is 0.231 e. The summed E-state index contributed by atoms with van der Waals surface area (Å²) in [7, 11) is 3.22. The first-order chi connectivity index (χ1) is 10.8. The summed E-state index contributed by atoms with van der Waals surface area (Å²) in [5, 5.41) is 3.11. The molecule has 1 N–H and O–H groups in total. The number of carbonyl (C=O) groups is 1. The summed E-state index contributed by atoms with van der Waals surface area (Å²) in [6.45, 7) is 6.51. The van der Waals surface area contributed by atoms with E-state index in [2.05, 4.69) is 26.1 Å². The second kappa shape index (κ2) is 6.81. The molecule has 0 heterocycles.